The summed E-state index contributed by atoms with van der Waals surface area (Å²) >= 11 is 6.04. The molecular formula is C21H29ClN2O4. The Bertz CT molecular complexity index is 772. The summed E-state index contributed by atoms with van der Waals surface area (Å²) in [6, 6.07) is 5.37. The van der Waals surface area contributed by atoms with E-state index in [0.29, 0.717) is 31.0 Å². The van der Waals surface area contributed by atoms with Gasteiger partial charge in [-0.05, 0) is 51.0 Å². The predicted octanol–water partition coefficient (Wildman–Crippen LogP) is 3.80. The van der Waals surface area contributed by atoms with Crippen LogP contribution in [0, 0.1) is 5.41 Å². The lowest BCUT2D eigenvalue weighted by molar-refractivity contribution is -0.141. The number of alkyl carbamates (subject to hydrolysis) is 1. The number of carbonyl (C=O) groups excluding carboxylic acids is 2. The number of rotatable bonds is 2. The molecule has 28 heavy (non-hydrogen) atoms. The minimum absolute atomic E-state index is 0.0175. The summed E-state index contributed by atoms with van der Waals surface area (Å²) in [5.41, 5.74) is 0.147. The molecule has 0 spiro atoms. The predicted molar refractivity (Wildman–Crippen MR) is 108 cm³/mol. The summed E-state index contributed by atoms with van der Waals surface area (Å²) in [6.07, 6.45) is 0.269. The maximum absolute atomic E-state index is 13.0. The lowest BCUT2D eigenvalue weighted by Gasteiger charge is -2.44. The van der Waals surface area contributed by atoms with Gasteiger partial charge >= 0.3 is 6.09 Å². The van der Waals surface area contributed by atoms with Crippen LogP contribution in [0.4, 0.5) is 4.79 Å². The molecular weight excluding hydrogens is 380 g/mol. The number of nitrogens with one attached hydrogen (secondary N) is 1. The zero-order valence-electron chi connectivity index (χ0n) is 17.2. The molecule has 0 radical (unpaired) electrons. The maximum Gasteiger partial charge on any atom is 0.407 e. The molecule has 2 aliphatic rings. The third-order valence-electron chi connectivity index (χ3n) is 5.20. The van der Waals surface area contributed by atoms with Crippen molar-refractivity contribution in [3.05, 3.63) is 28.8 Å². The molecule has 1 N–H and O–H groups in total. The van der Waals surface area contributed by atoms with E-state index in [-0.39, 0.29) is 17.4 Å². The van der Waals surface area contributed by atoms with Gasteiger partial charge in [-0.15, -0.1) is 0 Å². The minimum atomic E-state index is -0.539. The van der Waals surface area contributed by atoms with Crippen LogP contribution in [0.3, 0.4) is 0 Å². The summed E-state index contributed by atoms with van der Waals surface area (Å²) in [6.45, 7) is 10.7. The number of halogens is 1. The molecule has 1 saturated heterocycles. The number of hydrogen-bond donors (Lipinski definition) is 1. The molecule has 154 valence electrons. The molecule has 0 saturated carbocycles. The third-order valence-corrected chi connectivity index (χ3v) is 5.44. The average molecular weight is 409 g/mol. The highest BCUT2D eigenvalue weighted by Crippen LogP contribution is 2.34. The van der Waals surface area contributed by atoms with Crippen LogP contribution in [0.25, 0.3) is 0 Å². The number of carbonyl (C=O) groups is 2. The van der Waals surface area contributed by atoms with Crippen LogP contribution in [0.15, 0.2) is 18.2 Å². The molecule has 6 nitrogen and oxygen atoms in total. The molecule has 0 unspecified atom stereocenters. The Balaban J connectivity index is 1.60. The summed E-state index contributed by atoms with van der Waals surface area (Å²) in [5.74, 6) is 0.708. The molecule has 0 aromatic heterocycles. The number of amides is 2. The van der Waals surface area contributed by atoms with E-state index in [9.17, 15) is 9.59 Å². The van der Waals surface area contributed by atoms with Crippen LogP contribution in [-0.4, -0.2) is 47.7 Å². The van der Waals surface area contributed by atoms with E-state index in [1.54, 1.807) is 6.07 Å². The lowest BCUT2D eigenvalue weighted by atomic mass is 9.79. The fourth-order valence-electron chi connectivity index (χ4n) is 3.82. The number of hydrogen-bond acceptors (Lipinski definition) is 4. The number of nitrogens with zero attached hydrogens (tertiary/aromatic N) is 1. The molecule has 1 fully saturated rings. The van der Waals surface area contributed by atoms with Crippen LogP contribution in [0.5, 0.6) is 5.75 Å². The SMILES string of the molecule is CC(C)(C)OC(=O)N[C@@H]1CCN(C(=O)[C@@H]2Cc3cc(Cl)ccc3O2)CC1(C)C. The van der Waals surface area contributed by atoms with Crippen molar-refractivity contribution in [2.24, 2.45) is 5.41 Å². The van der Waals surface area contributed by atoms with Crippen molar-refractivity contribution in [1.82, 2.24) is 10.2 Å². The Hall–Kier alpha value is -1.95. The monoisotopic (exact) mass is 408 g/mol. The van der Waals surface area contributed by atoms with Gasteiger partial charge in [0.15, 0.2) is 6.10 Å². The van der Waals surface area contributed by atoms with E-state index in [1.807, 2.05) is 37.8 Å². The second-order valence-electron chi connectivity index (χ2n) is 9.30. The van der Waals surface area contributed by atoms with E-state index in [4.69, 9.17) is 21.1 Å². The van der Waals surface area contributed by atoms with Crippen molar-refractivity contribution in [3.63, 3.8) is 0 Å². The van der Waals surface area contributed by atoms with Crippen molar-refractivity contribution in [2.75, 3.05) is 13.1 Å². The summed E-state index contributed by atoms with van der Waals surface area (Å²) in [4.78, 5) is 27.0. The molecule has 2 atom stereocenters. The van der Waals surface area contributed by atoms with Crippen molar-refractivity contribution in [1.29, 1.82) is 0 Å². The van der Waals surface area contributed by atoms with E-state index < -0.39 is 17.8 Å². The number of benzene rings is 1. The van der Waals surface area contributed by atoms with Gasteiger partial charge in [0, 0.05) is 36.0 Å². The molecule has 2 heterocycles. The summed E-state index contributed by atoms with van der Waals surface area (Å²) < 4.78 is 11.2. The van der Waals surface area contributed by atoms with Gasteiger partial charge in [0.05, 0.1) is 0 Å². The van der Waals surface area contributed by atoms with Crippen LogP contribution in [0.2, 0.25) is 5.02 Å². The normalized spacial score (nSPS) is 23.6. The fourth-order valence-corrected chi connectivity index (χ4v) is 4.02. The van der Waals surface area contributed by atoms with Gasteiger partial charge in [-0.3, -0.25) is 4.79 Å². The molecule has 0 aliphatic carbocycles. The van der Waals surface area contributed by atoms with Crippen molar-refractivity contribution < 1.29 is 19.1 Å². The highest BCUT2D eigenvalue weighted by atomic mass is 35.5. The number of fused-ring (bicyclic) bond motifs is 1. The second-order valence-corrected chi connectivity index (χ2v) is 9.73. The third kappa shape index (κ3) is 4.72. The summed E-state index contributed by atoms with van der Waals surface area (Å²) in [7, 11) is 0. The van der Waals surface area contributed by atoms with Crippen LogP contribution >= 0.6 is 11.6 Å². The Morgan fingerprint density at radius 3 is 2.68 bits per heavy atom. The van der Waals surface area contributed by atoms with Gasteiger partial charge in [0.25, 0.3) is 5.91 Å². The van der Waals surface area contributed by atoms with Crippen molar-refractivity contribution in [2.45, 2.75) is 65.2 Å². The van der Waals surface area contributed by atoms with Gasteiger partial charge in [-0.1, -0.05) is 25.4 Å². The zero-order valence-corrected chi connectivity index (χ0v) is 17.9. The molecule has 3 rings (SSSR count). The smallest absolute Gasteiger partial charge is 0.407 e. The topological polar surface area (TPSA) is 67.9 Å². The standard InChI is InChI=1S/C21H29ClN2O4/c1-20(2,3)28-19(26)23-17-8-9-24(12-21(17,4)5)18(25)16-11-13-10-14(22)6-7-15(13)27-16/h6-7,10,16-17H,8-9,11-12H2,1-5H3,(H,23,26)/t16-,17+/m0/s1. The Kier molecular flexibility index (Phi) is 5.54. The van der Waals surface area contributed by atoms with Gasteiger partial charge in [0.2, 0.25) is 0 Å². The molecule has 0 bridgehead atoms. The Morgan fingerprint density at radius 1 is 1.32 bits per heavy atom. The zero-order chi connectivity index (χ0) is 20.7. The van der Waals surface area contributed by atoms with Crippen LogP contribution in [0.1, 0.15) is 46.6 Å². The molecule has 7 heteroatoms. The van der Waals surface area contributed by atoms with E-state index >= 15 is 0 Å². The van der Waals surface area contributed by atoms with Gasteiger partial charge in [-0.25, -0.2) is 4.79 Å². The molecule has 1 aromatic rings. The number of likely N-dealkylation sites (tertiary alicyclic amines) is 1. The van der Waals surface area contributed by atoms with Gasteiger partial charge < -0.3 is 19.7 Å². The first-order valence-electron chi connectivity index (χ1n) is 9.68. The summed E-state index contributed by atoms with van der Waals surface area (Å²) in [5, 5.41) is 3.61. The van der Waals surface area contributed by atoms with E-state index in [0.717, 1.165) is 11.3 Å². The van der Waals surface area contributed by atoms with Gasteiger partial charge in [-0.2, -0.15) is 0 Å². The molecule has 2 amide bonds. The number of piperidine rings is 1. The largest absolute Gasteiger partial charge is 0.480 e. The Labute approximate surface area is 171 Å². The highest BCUT2D eigenvalue weighted by molar-refractivity contribution is 6.30. The quantitative estimate of drug-likeness (QED) is 0.808. The minimum Gasteiger partial charge on any atom is -0.480 e. The average Bonchev–Trinajstić information content (AvgIpc) is 2.97. The molecule has 1 aromatic carbocycles. The van der Waals surface area contributed by atoms with Crippen LogP contribution < -0.4 is 10.1 Å². The van der Waals surface area contributed by atoms with Crippen LogP contribution in [-0.2, 0) is 16.0 Å². The fraction of sp³-hybridized carbons (Fsp3) is 0.619. The lowest BCUT2D eigenvalue weighted by Crippen LogP contribution is -2.58. The molecule has 2 aliphatic heterocycles. The first-order chi connectivity index (χ1) is 12.9. The maximum atomic E-state index is 13.0. The van der Waals surface area contributed by atoms with E-state index in [1.165, 1.54) is 0 Å². The first-order valence-corrected chi connectivity index (χ1v) is 10.1. The number of ether oxygens (including phenoxy) is 2. The van der Waals surface area contributed by atoms with Crippen molar-refractivity contribution in [3.8, 4) is 5.75 Å². The van der Waals surface area contributed by atoms with Crippen molar-refractivity contribution >= 4 is 23.6 Å². The highest BCUT2D eigenvalue weighted by Gasteiger charge is 2.42. The Morgan fingerprint density at radius 2 is 2.04 bits per heavy atom. The second kappa shape index (κ2) is 7.47. The van der Waals surface area contributed by atoms with E-state index in [2.05, 4.69) is 19.2 Å². The first kappa shape index (κ1) is 20.8. The van der Waals surface area contributed by atoms with Gasteiger partial charge in [0.1, 0.15) is 11.4 Å².